The number of alkyl halides is 1. The van der Waals surface area contributed by atoms with Gasteiger partial charge in [0.2, 0.25) is 0 Å². The van der Waals surface area contributed by atoms with Gasteiger partial charge in [-0.15, -0.1) is 0 Å². The van der Waals surface area contributed by atoms with Gasteiger partial charge in [0, 0.05) is 6.42 Å². The van der Waals surface area contributed by atoms with E-state index in [4.69, 9.17) is 4.74 Å². The van der Waals surface area contributed by atoms with Crippen molar-refractivity contribution in [1.29, 1.82) is 0 Å². The fourth-order valence-corrected chi connectivity index (χ4v) is 2.07. The smallest absolute Gasteiger partial charge is 0.321 e. The molecule has 0 aromatic heterocycles. The molecule has 16 heavy (non-hydrogen) atoms. The highest BCUT2D eigenvalue weighted by Crippen LogP contribution is 2.32. The van der Waals surface area contributed by atoms with Crippen molar-refractivity contribution >= 4 is 28.6 Å². The lowest BCUT2D eigenvalue weighted by atomic mass is 9.99. The van der Waals surface area contributed by atoms with Crippen LogP contribution in [0.3, 0.4) is 0 Å². The van der Waals surface area contributed by atoms with Crippen LogP contribution < -0.4 is 0 Å². The van der Waals surface area contributed by atoms with Gasteiger partial charge in [0.15, 0.2) is 0 Å². The third kappa shape index (κ3) is 3.87. The van der Waals surface area contributed by atoms with Gasteiger partial charge in [-0.05, 0) is 26.2 Å². The van der Waals surface area contributed by atoms with Crippen LogP contribution in [0.25, 0.3) is 0 Å². The molecule has 1 N–H and O–H groups in total. The van der Waals surface area contributed by atoms with E-state index in [0.29, 0.717) is 13.0 Å². The summed E-state index contributed by atoms with van der Waals surface area (Å²) >= 11 is 2.12. The summed E-state index contributed by atoms with van der Waals surface area (Å²) in [5.41, 5.74) is -0.575. The first-order valence-corrected chi connectivity index (χ1v) is 7.06. The summed E-state index contributed by atoms with van der Waals surface area (Å²) in [6, 6.07) is 0. The molecule has 0 saturated heterocycles. The summed E-state index contributed by atoms with van der Waals surface area (Å²) in [7, 11) is 0. The van der Waals surface area contributed by atoms with Crippen LogP contribution in [-0.4, -0.2) is 26.7 Å². The average Bonchev–Trinajstić information content (AvgIpc) is 2.65. The Morgan fingerprint density at radius 1 is 1.50 bits per heavy atom. The molecule has 3 nitrogen and oxygen atoms in total. The molecule has 0 aromatic rings. The molecule has 1 rings (SSSR count). The first-order valence-electron chi connectivity index (χ1n) is 5.98. The molecule has 0 unspecified atom stereocenters. The lowest BCUT2D eigenvalue weighted by Gasteiger charge is -2.23. The Morgan fingerprint density at radius 2 is 2.06 bits per heavy atom. The molecule has 0 aromatic carbocycles. The standard InChI is InChI=1S/C12H21IO3/c1-3-11(2,13)10(14)16-9-8-12(15)6-4-5-7-12/h15H,3-9H2,1-2H3/t11-/m0/s1. The quantitative estimate of drug-likeness (QED) is 0.476. The predicted molar refractivity (Wildman–Crippen MR) is 71.7 cm³/mol. The molecule has 0 heterocycles. The molecule has 1 fully saturated rings. The maximum atomic E-state index is 11.7. The van der Waals surface area contributed by atoms with Crippen molar-refractivity contribution in [3.05, 3.63) is 0 Å². The second-order valence-electron chi connectivity index (χ2n) is 4.87. The number of carbonyl (C=O) groups excluding carboxylic acids is 1. The Labute approximate surface area is 111 Å². The van der Waals surface area contributed by atoms with E-state index in [1.54, 1.807) is 0 Å². The van der Waals surface area contributed by atoms with Crippen LogP contribution in [0, 0.1) is 0 Å². The van der Waals surface area contributed by atoms with E-state index in [0.717, 1.165) is 32.1 Å². The largest absolute Gasteiger partial charge is 0.465 e. The van der Waals surface area contributed by atoms with Gasteiger partial charge in [0.05, 0.1) is 12.2 Å². The van der Waals surface area contributed by atoms with Crippen molar-refractivity contribution in [1.82, 2.24) is 0 Å². The Kier molecular flexibility index (Phi) is 5.04. The zero-order valence-corrected chi connectivity index (χ0v) is 12.2. The molecular formula is C12H21IO3. The maximum Gasteiger partial charge on any atom is 0.321 e. The van der Waals surface area contributed by atoms with E-state index in [1.807, 2.05) is 13.8 Å². The summed E-state index contributed by atoms with van der Waals surface area (Å²) in [6.45, 7) is 4.19. The van der Waals surface area contributed by atoms with E-state index < -0.39 is 9.02 Å². The summed E-state index contributed by atoms with van der Waals surface area (Å²) in [5.74, 6) is -0.169. The molecule has 0 radical (unpaired) electrons. The molecule has 1 saturated carbocycles. The Morgan fingerprint density at radius 3 is 2.56 bits per heavy atom. The van der Waals surface area contributed by atoms with Crippen LogP contribution in [0.1, 0.15) is 52.4 Å². The zero-order chi connectivity index (χ0) is 12.2. The highest BCUT2D eigenvalue weighted by molar-refractivity contribution is 14.1. The van der Waals surface area contributed by atoms with E-state index >= 15 is 0 Å². The fourth-order valence-electron chi connectivity index (χ4n) is 1.91. The van der Waals surface area contributed by atoms with Gasteiger partial charge < -0.3 is 9.84 Å². The van der Waals surface area contributed by atoms with Crippen molar-refractivity contribution in [2.45, 2.75) is 61.4 Å². The summed E-state index contributed by atoms with van der Waals surface area (Å²) < 4.78 is 4.78. The van der Waals surface area contributed by atoms with Crippen LogP contribution in [0.4, 0.5) is 0 Å². The van der Waals surface area contributed by atoms with Crippen molar-refractivity contribution in [3.8, 4) is 0 Å². The molecule has 1 aliphatic rings. The van der Waals surface area contributed by atoms with Gasteiger partial charge >= 0.3 is 5.97 Å². The Bertz CT molecular complexity index is 245. The first-order chi connectivity index (χ1) is 7.40. The minimum absolute atomic E-state index is 0.169. The van der Waals surface area contributed by atoms with Crippen molar-refractivity contribution < 1.29 is 14.6 Å². The predicted octanol–water partition coefficient (Wildman–Crippen LogP) is 2.83. The van der Waals surface area contributed by atoms with E-state index in [1.165, 1.54) is 0 Å². The topological polar surface area (TPSA) is 46.5 Å². The van der Waals surface area contributed by atoms with Gasteiger partial charge in [-0.3, -0.25) is 4.79 Å². The number of hydrogen-bond donors (Lipinski definition) is 1. The molecule has 94 valence electrons. The third-order valence-corrected chi connectivity index (χ3v) is 4.63. The van der Waals surface area contributed by atoms with Gasteiger partial charge in [-0.1, -0.05) is 42.4 Å². The number of esters is 1. The molecule has 1 aliphatic carbocycles. The molecule has 0 bridgehead atoms. The first kappa shape index (κ1) is 14.2. The third-order valence-electron chi connectivity index (χ3n) is 3.42. The van der Waals surface area contributed by atoms with Crippen LogP contribution in [-0.2, 0) is 9.53 Å². The monoisotopic (exact) mass is 340 g/mol. The van der Waals surface area contributed by atoms with Crippen LogP contribution in [0.2, 0.25) is 0 Å². The number of carbonyl (C=O) groups is 1. The number of aliphatic hydroxyl groups is 1. The minimum atomic E-state index is -0.575. The second-order valence-corrected chi connectivity index (χ2v) is 7.25. The van der Waals surface area contributed by atoms with Crippen LogP contribution in [0.5, 0.6) is 0 Å². The molecule has 0 spiro atoms. The van der Waals surface area contributed by atoms with E-state index in [-0.39, 0.29) is 5.97 Å². The van der Waals surface area contributed by atoms with Crippen LogP contribution >= 0.6 is 22.6 Å². The van der Waals surface area contributed by atoms with Gasteiger partial charge in [0.25, 0.3) is 0 Å². The van der Waals surface area contributed by atoms with Crippen molar-refractivity contribution in [2.24, 2.45) is 0 Å². The van der Waals surface area contributed by atoms with Gasteiger partial charge in [-0.25, -0.2) is 0 Å². The summed E-state index contributed by atoms with van der Waals surface area (Å²) in [5, 5.41) is 10.1. The minimum Gasteiger partial charge on any atom is -0.465 e. The second kappa shape index (κ2) is 5.67. The van der Waals surface area contributed by atoms with Crippen molar-refractivity contribution in [2.75, 3.05) is 6.61 Å². The normalized spacial score (nSPS) is 22.8. The van der Waals surface area contributed by atoms with Gasteiger partial charge in [0.1, 0.15) is 3.42 Å². The number of ether oxygens (including phenoxy) is 1. The van der Waals surface area contributed by atoms with E-state index in [9.17, 15) is 9.90 Å². The number of hydrogen-bond acceptors (Lipinski definition) is 3. The molecule has 1 atom stereocenters. The summed E-state index contributed by atoms with van der Waals surface area (Å²) in [6.07, 6.45) is 5.21. The van der Waals surface area contributed by atoms with E-state index in [2.05, 4.69) is 22.6 Å². The lowest BCUT2D eigenvalue weighted by Crippen LogP contribution is -2.32. The maximum absolute atomic E-state index is 11.7. The molecule has 0 aliphatic heterocycles. The highest BCUT2D eigenvalue weighted by Gasteiger charge is 2.33. The van der Waals surface area contributed by atoms with Gasteiger partial charge in [-0.2, -0.15) is 0 Å². The molecule has 0 amide bonds. The number of rotatable bonds is 5. The highest BCUT2D eigenvalue weighted by atomic mass is 127. The average molecular weight is 340 g/mol. The van der Waals surface area contributed by atoms with Crippen LogP contribution in [0.15, 0.2) is 0 Å². The SMILES string of the molecule is CC[C@](C)(I)C(=O)OCCC1(O)CCCC1. The lowest BCUT2D eigenvalue weighted by molar-refractivity contribution is -0.147. The van der Waals surface area contributed by atoms with Crippen molar-refractivity contribution in [3.63, 3.8) is 0 Å². The molecule has 4 heteroatoms. The Hall–Kier alpha value is 0.160. The zero-order valence-electron chi connectivity index (χ0n) is 10.1. The number of halogens is 1. The summed E-state index contributed by atoms with van der Waals surface area (Å²) in [4.78, 5) is 11.7. The molecular weight excluding hydrogens is 319 g/mol. The fraction of sp³-hybridized carbons (Fsp3) is 0.917. The Balaban J connectivity index is 2.27.